The number of hydrogen-bond acceptors (Lipinski definition) is 5. The Kier molecular flexibility index (Phi) is 11.4. The first-order valence-corrected chi connectivity index (χ1v) is 11.2. The van der Waals surface area contributed by atoms with Crippen molar-refractivity contribution < 1.29 is 19.0 Å². The van der Waals surface area contributed by atoms with E-state index in [1.54, 1.807) is 18.2 Å². The lowest BCUT2D eigenvalue weighted by atomic mass is 10.2. The Morgan fingerprint density at radius 1 is 0.903 bits per heavy atom. The van der Waals surface area contributed by atoms with E-state index in [2.05, 4.69) is 17.6 Å². The van der Waals surface area contributed by atoms with E-state index < -0.39 is 0 Å². The fraction of sp³-hybridized carbons (Fsp3) is 0.417. The van der Waals surface area contributed by atoms with Crippen LogP contribution in [0.3, 0.4) is 0 Å². The summed E-state index contributed by atoms with van der Waals surface area (Å²) in [5.41, 5.74) is 1.21. The molecule has 0 saturated carbocycles. The first kappa shape index (κ1) is 24.6. The number of anilines is 1. The van der Waals surface area contributed by atoms with E-state index in [0.29, 0.717) is 37.7 Å². The van der Waals surface area contributed by atoms with Gasteiger partial charge in [0.15, 0.2) is 5.11 Å². The number of rotatable bonds is 13. The Hall–Kier alpha value is -2.64. The van der Waals surface area contributed by atoms with Crippen LogP contribution >= 0.6 is 12.2 Å². The Labute approximate surface area is 190 Å². The van der Waals surface area contributed by atoms with Gasteiger partial charge >= 0.3 is 0 Å². The van der Waals surface area contributed by atoms with E-state index in [1.807, 2.05) is 37.3 Å². The first-order valence-electron chi connectivity index (χ1n) is 10.8. The summed E-state index contributed by atoms with van der Waals surface area (Å²) in [6.07, 6.45) is 4.45. The van der Waals surface area contributed by atoms with Crippen LogP contribution in [0, 0.1) is 0 Å². The number of carbonyl (C=O) groups is 1. The van der Waals surface area contributed by atoms with Gasteiger partial charge in [0.25, 0.3) is 5.91 Å². The molecule has 2 aromatic carbocycles. The standard InChI is InChI=1S/C24H32N2O4S/c1-3-5-6-9-16-30-22-11-8-7-10-21(22)23(27)26-24(31)25-19-12-14-20(15-13-19)29-18-17-28-4-2/h7-8,10-15H,3-6,9,16-18H2,1-2H3,(H2,25,26,27,31). The maximum atomic E-state index is 12.7. The van der Waals surface area contributed by atoms with Gasteiger partial charge in [0.05, 0.1) is 18.8 Å². The number of nitrogens with one attached hydrogen (secondary N) is 2. The Bertz CT molecular complexity index is 811. The molecule has 0 bridgehead atoms. The number of hydrogen-bond donors (Lipinski definition) is 2. The Morgan fingerprint density at radius 3 is 2.42 bits per heavy atom. The normalized spacial score (nSPS) is 10.4. The maximum absolute atomic E-state index is 12.7. The number of carbonyl (C=O) groups excluding carboxylic acids is 1. The first-order chi connectivity index (χ1) is 15.1. The van der Waals surface area contributed by atoms with Crippen molar-refractivity contribution in [3.8, 4) is 11.5 Å². The van der Waals surface area contributed by atoms with Crippen LogP contribution in [0.5, 0.6) is 11.5 Å². The van der Waals surface area contributed by atoms with Crippen LogP contribution in [0.4, 0.5) is 5.69 Å². The molecule has 0 heterocycles. The molecule has 0 unspecified atom stereocenters. The molecule has 0 aliphatic heterocycles. The van der Waals surface area contributed by atoms with Crippen molar-refractivity contribution in [2.45, 2.75) is 39.5 Å². The largest absolute Gasteiger partial charge is 0.493 e. The van der Waals surface area contributed by atoms with Crippen LogP contribution < -0.4 is 20.1 Å². The molecule has 0 atom stereocenters. The molecule has 6 nitrogen and oxygen atoms in total. The van der Waals surface area contributed by atoms with Crippen LogP contribution in [-0.2, 0) is 4.74 Å². The van der Waals surface area contributed by atoms with Gasteiger partial charge in [-0.25, -0.2) is 0 Å². The monoisotopic (exact) mass is 444 g/mol. The van der Waals surface area contributed by atoms with Crippen LogP contribution in [0.2, 0.25) is 0 Å². The average Bonchev–Trinajstić information content (AvgIpc) is 2.78. The summed E-state index contributed by atoms with van der Waals surface area (Å²) in [5.74, 6) is 0.996. The molecule has 0 spiro atoms. The smallest absolute Gasteiger partial charge is 0.261 e. The molecule has 31 heavy (non-hydrogen) atoms. The van der Waals surface area contributed by atoms with Crippen LogP contribution in [0.25, 0.3) is 0 Å². The van der Waals surface area contributed by atoms with Crippen molar-refractivity contribution in [3.05, 3.63) is 54.1 Å². The predicted molar refractivity (Wildman–Crippen MR) is 128 cm³/mol. The molecular weight excluding hydrogens is 412 g/mol. The molecule has 2 aromatic rings. The van der Waals surface area contributed by atoms with Gasteiger partial charge in [0.1, 0.15) is 18.1 Å². The van der Waals surface area contributed by atoms with Crippen molar-refractivity contribution in [2.75, 3.05) is 31.7 Å². The second kappa shape index (κ2) is 14.4. The van der Waals surface area contributed by atoms with Gasteiger partial charge < -0.3 is 19.5 Å². The second-order valence-corrected chi connectivity index (χ2v) is 7.29. The van der Waals surface area contributed by atoms with E-state index >= 15 is 0 Å². The Morgan fingerprint density at radius 2 is 1.68 bits per heavy atom. The van der Waals surface area contributed by atoms with Gasteiger partial charge in [-0.05, 0) is 62.0 Å². The van der Waals surface area contributed by atoms with E-state index in [-0.39, 0.29) is 11.0 Å². The molecule has 0 radical (unpaired) electrons. The number of thiocarbonyl (C=S) groups is 1. The average molecular weight is 445 g/mol. The van der Waals surface area contributed by atoms with E-state index in [0.717, 1.165) is 24.3 Å². The molecule has 1 amide bonds. The molecule has 2 rings (SSSR count). The third-order valence-electron chi connectivity index (χ3n) is 4.43. The minimum atomic E-state index is -0.308. The summed E-state index contributed by atoms with van der Waals surface area (Å²) in [6, 6.07) is 14.5. The van der Waals surface area contributed by atoms with Gasteiger partial charge in [0.2, 0.25) is 0 Å². The lowest BCUT2D eigenvalue weighted by Crippen LogP contribution is -2.34. The minimum absolute atomic E-state index is 0.216. The molecule has 0 saturated heterocycles. The number of amides is 1. The van der Waals surface area contributed by atoms with Gasteiger partial charge in [0, 0.05) is 12.3 Å². The fourth-order valence-corrected chi connectivity index (χ4v) is 3.03. The summed E-state index contributed by atoms with van der Waals surface area (Å²) >= 11 is 5.29. The number of benzene rings is 2. The number of para-hydroxylation sites is 1. The predicted octanol–water partition coefficient (Wildman–Crippen LogP) is 5.19. The van der Waals surface area contributed by atoms with Crippen LogP contribution in [-0.4, -0.2) is 37.4 Å². The zero-order valence-electron chi connectivity index (χ0n) is 18.3. The SMILES string of the molecule is CCCCCCOc1ccccc1C(=O)NC(=S)Nc1ccc(OCCOCC)cc1. The number of ether oxygens (including phenoxy) is 3. The highest BCUT2D eigenvalue weighted by Crippen LogP contribution is 2.19. The molecule has 7 heteroatoms. The zero-order chi connectivity index (χ0) is 22.3. The van der Waals surface area contributed by atoms with Crippen molar-refractivity contribution >= 4 is 28.9 Å². The van der Waals surface area contributed by atoms with E-state index in [4.69, 9.17) is 26.4 Å². The van der Waals surface area contributed by atoms with E-state index in [1.165, 1.54) is 12.8 Å². The highest BCUT2D eigenvalue weighted by Gasteiger charge is 2.13. The van der Waals surface area contributed by atoms with Gasteiger partial charge in [-0.1, -0.05) is 38.3 Å². The Balaban J connectivity index is 1.83. The van der Waals surface area contributed by atoms with Crippen LogP contribution in [0.1, 0.15) is 49.9 Å². The summed E-state index contributed by atoms with van der Waals surface area (Å²) in [5, 5.41) is 5.94. The molecule has 2 N–H and O–H groups in total. The molecule has 0 fully saturated rings. The van der Waals surface area contributed by atoms with Gasteiger partial charge in [-0.15, -0.1) is 0 Å². The zero-order valence-corrected chi connectivity index (χ0v) is 19.1. The topological polar surface area (TPSA) is 68.8 Å². The highest BCUT2D eigenvalue weighted by molar-refractivity contribution is 7.80. The van der Waals surface area contributed by atoms with Crippen molar-refractivity contribution in [3.63, 3.8) is 0 Å². The van der Waals surface area contributed by atoms with Crippen LogP contribution in [0.15, 0.2) is 48.5 Å². The molecule has 0 aliphatic rings. The summed E-state index contributed by atoms with van der Waals surface area (Å²) in [4.78, 5) is 12.7. The van der Waals surface area contributed by atoms with Gasteiger partial charge in [-0.3, -0.25) is 10.1 Å². The third-order valence-corrected chi connectivity index (χ3v) is 4.63. The van der Waals surface area contributed by atoms with Gasteiger partial charge in [-0.2, -0.15) is 0 Å². The number of unbranched alkanes of at least 4 members (excludes halogenated alkanes) is 3. The van der Waals surface area contributed by atoms with Crippen molar-refractivity contribution in [1.82, 2.24) is 5.32 Å². The summed E-state index contributed by atoms with van der Waals surface area (Å²) in [6.45, 7) is 6.43. The quantitative estimate of drug-likeness (QED) is 0.327. The van der Waals surface area contributed by atoms with Crippen molar-refractivity contribution in [1.29, 1.82) is 0 Å². The molecule has 0 aromatic heterocycles. The fourth-order valence-electron chi connectivity index (χ4n) is 2.82. The van der Waals surface area contributed by atoms with E-state index in [9.17, 15) is 4.79 Å². The lowest BCUT2D eigenvalue weighted by Gasteiger charge is -2.13. The molecular formula is C24H32N2O4S. The molecule has 0 aliphatic carbocycles. The minimum Gasteiger partial charge on any atom is -0.493 e. The van der Waals surface area contributed by atoms with Crippen molar-refractivity contribution in [2.24, 2.45) is 0 Å². The highest BCUT2D eigenvalue weighted by atomic mass is 32.1. The third kappa shape index (κ3) is 9.36. The summed E-state index contributed by atoms with van der Waals surface area (Å²) < 4.78 is 16.7. The second-order valence-electron chi connectivity index (χ2n) is 6.88. The lowest BCUT2D eigenvalue weighted by molar-refractivity contribution is 0.0973. The molecule has 168 valence electrons. The maximum Gasteiger partial charge on any atom is 0.261 e. The summed E-state index contributed by atoms with van der Waals surface area (Å²) in [7, 11) is 0.